The van der Waals surface area contributed by atoms with Crippen molar-refractivity contribution in [1.82, 2.24) is 4.72 Å². The van der Waals surface area contributed by atoms with Gasteiger partial charge in [-0.3, -0.25) is 0 Å². The van der Waals surface area contributed by atoms with Gasteiger partial charge in [-0.05, 0) is 35.9 Å². The van der Waals surface area contributed by atoms with Gasteiger partial charge in [-0.1, -0.05) is 23.7 Å². The highest BCUT2D eigenvalue weighted by Gasteiger charge is 2.15. The number of nitrogens with one attached hydrogen (secondary N) is 1. The van der Waals surface area contributed by atoms with Gasteiger partial charge in [0, 0.05) is 6.54 Å². The SMILES string of the molecule is N#Cc1ccc(S(=O)(=O)NCc2ccc(F)cc2)cc1Cl. The first-order valence-corrected chi connectivity index (χ1v) is 7.72. The van der Waals surface area contributed by atoms with Crippen molar-refractivity contribution in [3.05, 3.63) is 64.4 Å². The Kier molecular flexibility index (Phi) is 4.58. The number of halogens is 2. The average molecular weight is 325 g/mol. The molecular formula is C14H10ClFN2O2S. The number of benzene rings is 2. The van der Waals surface area contributed by atoms with Crippen LogP contribution >= 0.6 is 11.6 Å². The van der Waals surface area contributed by atoms with Crippen LogP contribution in [0.4, 0.5) is 4.39 Å². The van der Waals surface area contributed by atoms with Crippen molar-refractivity contribution in [2.75, 3.05) is 0 Å². The fourth-order valence-corrected chi connectivity index (χ4v) is 2.95. The van der Waals surface area contributed by atoms with Crippen LogP contribution in [0.1, 0.15) is 11.1 Å². The molecule has 0 saturated heterocycles. The van der Waals surface area contributed by atoms with E-state index in [1.807, 2.05) is 6.07 Å². The standard InChI is InChI=1S/C14H10ClFN2O2S/c15-14-7-13(6-3-11(14)8-17)21(19,20)18-9-10-1-4-12(16)5-2-10/h1-7,18H,9H2. The molecule has 0 atom stereocenters. The van der Waals surface area contributed by atoms with Gasteiger partial charge in [0.25, 0.3) is 0 Å². The summed E-state index contributed by atoms with van der Waals surface area (Å²) in [6.07, 6.45) is 0. The molecular weight excluding hydrogens is 315 g/mol. The van der Waals surface area contributed by atoms with Gasteiger partial charge in [-0.2, -0.15) is 5.26 Å². The van der Waals surface area contributed by atoms with E-state index in [9.17, 15) is 12.8 Å². The van der Waals surface area contributed by atoms with Gasteiger partial charge in [0.15, 0.2) is 0 Å². The highest BCUT2D eigenvalue weighted by molar-refractivity contribution is 7.89. The third-order valence-electron chi connectivity index (χ3n) is 2.75. The second-order valence-corrected chi connectivity index (χ2v) is 6.38. The Morgan fingerprint density at radius 3 is 2.43 bits per heavy atom. The van der Waals surface area contributed by atoms with Crippen molar-refractivity contribution >= 4 is 21.6 Å². The summed E-state index contributed by atoms with van der Waals surface area (Å²) in [7, 11) is -3.75. The minimum atomic E-state index is -3.75. The highest BCUT2D eigenvalue weighted by Crippen LogP contribution is 2.20. The molecule has 0 amide bonds. The van der Waals surface area contributed by atoms with Crippen molar-refractivity contribution in [3.63, 3.8) is 0 Å². The second-order valence-electron chi connectivity index (χ2n) is 4.20. The number of sulfonamides is 1. The lowest BCUT2D eigenvalue weighted by molar-refractivity contribution is 0.581. The van der Waals surface area contributed by atoms with Crippen LogP contribution in [-0.2, 0) is 16.6 Å². The predicted molar refractivity (Wildman–Crippen MR) is 76.6 cm³/mol. The molecule has 0 bridgehead atoms. The first-order chi connectivity index (χ1) is 9.92. The Labute approximate surface area is 126 Å². The van der Waals surface area contributed by atoms with E-state index in [-0.39, 0.29) is 27.8 Å². The van der Waals surface area contributed by atoms with E-state index in [2.05, 4.69) is 4.72 Å². The minimum absolute atomic E-state index is 0.0280. The Bertz CT molecular complexity index is 799. The molecule has 0 aliphatic carbocycles. The third-order valence-corrected chi connectivity index (χ3v) is 4.46. The topological polar surface area (TPSA) is 70.0 Å². The zero-order valence-corrected chi connectivity index (χ0v) is 12.2. The molecule has 1 N–H and O–H groups in total. The van der Waals surface area contributed by atoms with E-state index in [0.717, 1.165) is 0 Å². The van der Waals surface area contributed by atoms with Crippen LogP contribution in [0.3, 0.4) is 0 Å². The maximum absolute atomic E-state index is 12.8. The lowest BCUT2D eigenvalue weighted by Crippen LogP contribution is -2.23. The van der Waals surface area contributed by atoms with Crippen molar-refractivity contribution in [2.24, 2.45) is 0 Å². The number of hydrogen-bond donors (Lipinski definition) is 1. The van der Waals surface area contributed by atoms with Gasteiger partial charge in [0.1, 0.15) is 11.9 Å². The van der Waals surface area contributed by atoms with Gasteiger partial charge in [-0.15, -0.1) is 0 Å². The van der Waals surface area contributed by atoms with Gasteiger partial charge in [0.05, 0.1) is 15.5 Å². The fourth-order valence-electron chi connectivity index (χ4n) is 1.62. The maximum Gasteiger partial charge on any atom is 0.240 e. The average Bonchev–Trinajstić information content (AvgIpc) is 2.46. The second kappa shape index (κ2) is 6.22. The maximum atomic E-state index is 12.8. The molecule has 4 nitrogen and oxygen atoms in total. The summed E-state index contributed by atoms with van der Waals surface area (Å²) in [5.41, 5.74) is 0.828. The van der Waals surface area contributed by atoms with Crippen molar-refractivity contribution < 1.29 is 12.8 Å². The molecule has 7 heteroatoms. The molecule has 108 valence electrons. The Morgan fingerprint density at radius 2 is 1.86 bits per heavy atom. The summed E-state index contributed by atoms with van der Waals surface area (Å²) < 4.78 is 39.3. The number of nitriles is 1. The largest absolute Gasteiger partial charge is 0.240 e. The molecule has 2 aromatic carbocycles. The van der Waals surface area contributed by atoms with Crippen LogP contribution in [0.5, 0.6) is 0 Å². The van der Waals surface area contributed by atoms with E-state index in [1.54, 1.807) is 0 Å². The lowest BCUT2D eigenvalue weighted by atomic mass is 10.2. The summed E-state index contributed by atoms with van der Waals surface area (Å²) in [5.74, 6) is -0.388. The Hall–Kier alpha value is -1.94. The quantitative estimate of drug-likeness (QED) is 0.940. The van der Waals surface area contributed by atoms with Crippen molar-refractivity contribution in [3.8, 4) is 6.07 Å². The summed E-state index contributed by atoms with van der Waals surface area (Å²) in [4.78, 5) is -0.0337. The van der Waals surface area contributed by atoms with E-state index in [0.29, 0.717) is 5.56 Å². The molecule has 0 spiro atoms. The molecule has 0 saturated carbocycles. The normalized spacial score (nSPS) is 11.1. The first-order valence-electron chi connectivity index (χ1n) is 5.86. The molecule has 21 heavy (non-hydrogen) atoms. The van der Waals surface area contributed by atoms with Crippen molar-refractivity contribution in [1.29, 1.82) is 5.26 Å². The number of rotatable bonds is 4. The highest BCUT2D eigenvalue weighted by atomic mass is 35.5. The van der Waals surface area contributed by atoms with Crippen LogP contribution in [0.2, 0.25) is 5.02 Å². The molecule has 0 aliphatic heterocycles. The van der Waals surface area contributed by atoms with E-state index < -0.39 is 10.0 Å². The molecule has 0 heterocycles. The first kappa shape index (κ1) is 15.4. The fraction of sp³-hybridized carbons (Fsp3) is 0.0714. The van der Waals surface area contributed by atoms with Crippen LogP contribution in [0.25, 0.3) is 0 Å². The van der Waals surface area contributed by atoms with Gasteiger partial charge < -0.3 is 0 Å². The van der Waals surface area contributed by atoms with Gasteiger partial charge in [-0.25, -0.2) is 17.5 Å². The van der Waals surface area contributed by atoms with Crippen LogP contribution in [0, 0.1) is 17.1 Å². The zero-order valence-electron chi connectivity index (χ0n) is 10.7. The predicted octanol–water partition coefficient (Wildman–Crippen LogP) is 2.83. The third kappa shape index (κ3) is 3.79. The van der Waals surface area contributed by atoms with E-state index >= 15 is 0 Å². The Balaban J connectivity index is 2.17. The van der Waals surface area contributed by atoms with Crippen LogP contribution < -0.4 is 4.72 Å². The molecule has 0 aromatic heterocycles. The van der Waals surface area contributed by atoms with Crippen LogP contribution in [-0.4, -0.2) is 8.42 Å². The Morgan fingerprint density at radius 1 is 1.19 bits per heavy atom. The monoisotopic (exact) mass is 324 g/mol. The number of hydrogen-bond acceptors (Lipinski definition) is 3. The molecule has 0 radical (unpaired) electrons. The molecule has 2 aromatic rings. The van der Waals surface area contributed by atoms with Crippen LogP contribution in [0.15, 0.2) is 47.4 Å². The smallest absolute Gasteiger partial charge is 0.207 e. The molecule has 2 rings (SSSR count). The lowest BCUT2D eigenvalue weighted by Gasteiger charge is -2.07. The van der Waals surface area contributed by atoms with Crippen molar-refractivity contribution in [2.45, 2.75) is 11.4 Å². The van der Waals surface area contributed by atoms with E-state index in [4.69, 9.17) is 16.9 Å². The zero-order chi connectivity index (χ0) is 15.5. The summed E-state index contributed by atoms with van der Waals surface area (Å²) in [6.45, 7) is 0.0280. The number of nitrogens with zero attached hydrogens (tertiary/aromatic N) is 1. The molecule has 0 unspecified atom stereocenters. The summed E-state index contributed by atoms with van der Waals surface area (Å²) in [6, 6.07) is 11.2. The summed E-state index contributed by atoms with van der Waals surface area (Å²) in [5, 5.41) is 8.83. The van der Waals surface area contributed by atoms with E-state index in [1.165, 1.54) is 42.5 Å². The van der Waals surface area contributed by atoms with Gasteiger partial charge in [0.2, 0.25) is 10.0 Å². The molecule has 0 fully saturated rings. The minimum Gasteiger partial charge on any atom is -0.207 e. The molecule has 0 aliphatic rings. The van der Waals surface area contributed by atoms with Gasteiger partial charge >= 0.3 is 0 Å². The summed E-state index contributed by atoms with van der Waals surface area (Å²) >= 11 is 5.81.